The largest absolute Gasteiger partial charge is 0.465 e. The van der Waals surface area contributed by atoms with Gasteiger partial charge in [-0.2, -0.15) is 0 Å². The van der Waals surface area contributed by atoms with Gasteiger partial charge in [0.1, 0.15) is 11.5 Å². The third-order valence-electron chi connectivity index (χ3n) is 2.00. The monoisotopic (exact) mass is 223 g/mol. The van der Waals surface area contributed by atoms with Gasteiger partial charge in [-0.1, -0.05) is 6.58 Å². The van der Waals surface area contributed by atoms with E-state index in [2.05, 4.69) is 11.9 Å². The van der Waals surface area contributed by atoms with Gasteiger partial charge in [-0.15, -0.1) is 0 Å². The molecule has 0 aliphatic carbocycles. The van der Waals surface area contributed by atoms with Crippen molar-refractivity contribution in [2.75, 3.05) is 13.2 Å². The average Bonchev–Trinajstić information content (AvgIpc) is 2.64. The van der Waals surface area contributed by atoms with Crippen LogP contribution >= 0.6 is 0 Å². The summed E-state index contributed by atoms with van der Waals surface area (Å²) in [6, 6.07) is 3.80. The molecule has 4 heteroatoms. The van der Waals surface area contributed by atoms with E-state index in [1.807, 2.05) is 19.1 Å². The molecule has 1 aromatic heterocycles. The third-order valence-corrected chi connectivity index (χ3v) is 2.00. The van der Waals surface area contributed by atoms with Crippen LogP contribution in [0.2, 0.25) is 0 Å². The quantitative estimate of drug-likeness (QED) is 0.590. The van der Waals surface area contributed by atoms with E-state index in [0.717, 1.165) is 11.5 Å². The lowest BCUT2D eigenvalue weighted by Gasteiger charge is -2.05. The molecule has 1 aromatic rings. The van der Waals surface area contributed by atoms with Gasteiger partial charge < -0.3 is 14.5 Å². The summed E-state index contributed by atoms with van der Waals surface area (Å²) in [6.07, 6.45) is 0. The van der Waals surface area contributed by atoms with Crippen LogP contribution in [0, 0.1) is 6.92 Å². The zero-order valence-electron chi connectivity index (χ0n) is 9.71. The Labute approximate surface area is 95.3 Å². The maximum absolute atomic E-state index is 11.2. The van der Waals surface area contributed by atoms with Crippen molar-refractivity contribution in [2.45, 2.75) is 20.4 Å². The Hall–Kier alpha value is -1.55. The molecule has 0 aliphatic heterocycles. The summed E-state index contributed by atoms with van der Waals surface area (Å²) in [5, 5.41) is 3.06. The molecule has 1 rings (SSSR count). The minimum atomic E-state index is -0.356. The Morgan fingerprint density at radius 3 is 2.88 bits per heavy atom. The van der Waals surface area contributed by atoms with Gasteiger partial charge in [0.15, 0.2) is 0 Å². The van der Waals surface area contributed by atoms with Crippen molar-refractivity contribution in [3.05, 3.63) is 35.8 Å². The maximum atomic E-state index is 11.2. The fourth-order valence-electron chi connectivity index (χ4n) is 1.22. The molecule has 1 heterocycles. The molecule has 0 amide bonds. The van der Waals surface area contributed by atoms with E-state index in [1.165, 1.54) is 0 Å². The summed E-state index contributed by atoms with van der Waals surface area (Å²) in [6.45, 7) is 8.65. The maximum Gasteiger partial charge on any atom is 0.334 e. The van der Waals surface area contributed by atoms with Gasteiger partial charge in [-0.05, 0) is 26.0 Å². The summed E-state index contributed by atoms with van der Waals surface area (Å²) in [5.41, 5.74) is 0.421. The normalized spacial score (nSPS) is 10.1. The molecule has 0 fully saturated rings. The summed E-state index contributed by atoms with van der Waals surface area (Å²) >= 11 is 0. The van der Waals surface area contributed by atoms with E-state index >= 15 is 0 Å². The van der Waals surface area contributed by atoms with Crippen molar-refractivity contribution >= 4 is 5.97 Å². The number of esters is 1. The van der Waals surface area contributed by atoms with E-state index in [9.17, 15) is 4.79 Å². The van der Waals surface area contributed by atoms with Gasteiger partial charge in [-0.25, -0.2) is 4.79 Å². The minimum Gasteiger partial charge on any atom is -0.465 e. The standard InChI is InChI=1S/C12H17NO3/c1-4-15-12(14)9(2)7-13-8-11-6-5-10(3)16-11/h5-6,13H,2,4,7-8H2,1,3H3. The van der Waals surface area contributed by atoms with Crippen molar-refractivity contribution in [2.24, 2.45) is 0 Å². The van der Waals surface area contributed by atoms with E-state index in [1.54, 1.807) is 6.92 Å². The van der Waals surface area contributed by atoms with Gasteiger partial charge in [0.05, 0.1) is 13.2 Å². The Morgan fingerprint density at radius 2 is 2.31 bits per heavy atom. The molecular formula is C12H17NO3. The summed E-state index contributed by atoms with van der Waals surface area (Å²) in [5.74, 6) is 1.36. The number of carbonyl (C=O) groups is 1. The van der Waals surface area contributed by atoms with Crippen LogP contribution < -0.4 is 5.32 Å². The molecule has 0 radical (unpaired) electrons. The zero-order valence-corrected chi connectivity index (χ0v) is 9.71. The molecule has 4 nitrogen and oxygen atoms in total. The van der Waals surface area contributed by atoms with Crippen LogP contribution in [0.25, 0.3) is 0 Å². The first kappa shape index (κ1) is 12.5. The zero-order chi connectivity index (χ0) is 12.0. The molecule has 88 valence electrons. The lowest BCUT2D eigenvalue weighted by atomic mass is 10.3. The lowest BCUT2D eigenvalue weighted by molar-refractivity contribution is -0.138. The molecule has 0 aromatic carbocycles. The highest BCUT2D eigenvalue weighted by atomic mass is 16.5. The highest BCUT2D eigenvalue weighted by Crippen LogP contribution is 2.05. The second-order valence-corrected chi connectivity index (χ2v) is 3.44. The van der Waals surface area contributed by atoms with Crippen LogP contribution in [0.3, 0.4) is 0 Å². The second-order valence-electron chi connectivity index (χ2n) is 3.44. The highest BCUT2D eigenvalue weighted by molar-refractivity contribution is 5.88. The number of hydrogen-bond acceptors (Lipinski definition) is 4. The summed E-state index contributed by atoms with van der Waals surface area (Å²) < 4.78 is 10.2. The second kappa shape index (κ2) is 6.12. The Kier molecular flexibility index (Phi) is 4.79. The van der Waals surface area contributed by atoms with E-state index in [4.69, 9.17) is 9.15 Å². The molecule has 0 saturated carbocycles. The molecular weight excluding hydrogens is 206 g/mol. The molecule has 0 atom stereocenters. The van der Waals surface area contributed by atoms with E-state index in [0.29, 0.717) is 25.3 Å². The Bertz CT molecular complexity index is 368. The summed E-state index contributed by atoms with van der Waals surface area (Å²) in [4.78, 5) is 11.2. The van der Waals surface area contributed by atoms with Crippen LogP contribution in [-0.4, -0.2) is 19.1 Å². The highest BCUT2D eigenvalue weighted by Gasteiger charge is 2.07. The molecule has 1 N–H and O–H groups in total. The van der Waals surface area contributed by atoms with Crippen LogP contribution in [0.1, 0.15) is 18.4 Å². The molecule has 0 unspecified atom stereocenters. The third kappa shape index (κ3) is 3.90. The van der Waals surface area contributed by atoms with Crippen molar-refractivity contribution < 1.29 is 13.9 Å². The van der Waals surface area contributed by atoms with Gasteiger partial charge in [0, 0.05) is 12.1 Å². The number of rotatable bonds is 6. The molecule has 0 bridgehead atoms. The Balaban J connectivity index is 2.25. The van der Waals surface area contributed by atoms with Crippen molar-refractivity contribution in [1.82, 2.24) is 5.32 Å². The molecule has 0 saturated heterocycles. The number of aryl methyl sites for hydroxylation is 1. The van der Waals surface area contributed by atoms with E-state index < -0.39 is 0 Å². The number of nitrogens with one attached hydrogen (secondary N) is 1. The fraction of sp³-hybridized carbons (Fsp3) is 0.417. The fourth-order valence-corrected chi connectivity index (χ4v) is 1.22. The molecule has 16 heavy (non-hydrogen) atoms. The van der Waals surface area contributed by atoms with Crippen LogP contribution in [0.4, 0.5) is 0 Å². The van der Waals surface area contributed by atoms with Crippen molar-refractivity contribution in [3.63, 3.8) is 0 Å². The van der Waals surface area contributed by atoms with Gasteiger partial charge in [0.25, 0.3) is 0 Å². The first-order valence-electron chi connectivity index (χ1n) is 5.24. The minimum absolute atomic E-state index is 0.356. The topological polar surface area (TPSA) is 51.5 Å². The van der Waals surface area contributed by atoms with Crippen LogP contribution in [0.5, 0.6) is 0 Å². The molecule has 0 spiro atoms. The smallest absolute Gasteiger partial charge is 0.334 e. The lowest BCUT2D eigenvalue weighted by Crippen LogP contribution is -2.21. The van der Waals surface area contributed by atoms with Crippen LogP contribution in [-0.2, 0) is 16.1 Å². The van der Waals surface area contributed by atoms with Gasteiger partial charge in [0.2, 0.25) is 0 Å². The summed E-state index contributed by atoms with van der Waals surface area (Å²) in [7, 11) is 0. The number of furan rings is 1. The predicted octanol–water partition coefficient (Wildman–Crippen LogP) is 1.80. The van der Waals surface area contributed by atoms with Gasteiger partial charge in [-0.3, -0.25) is 0 Å². The number of hydrogen-bond donors (Lipinski definition) is 1. The predicted molar refractivity (Wildman–Crippen MR) is 60.9 cm³/mol. The number of carbonyl (C=O) groups excluding carboxylic acids is 1. The number of ether oxygens (including phenoxy) is 1. The van der Waals surface area contributed by atoms with Crippen LogP contribution in [0.15, 0.2) is 28.7 Å². The SMILES string of the molecule is C=C(CNCc1ccc(C)o1)C(=O)OCC. The van der Waals surface area contributed by atoms with E-state index in [-0.39, 0.29) is 5.97 Å². The van der Waals surface area contributed by atoms with Crippen molar-refractivity contribution in [1.29, 1.82) is 0 Å². The average molecular weight is 223 g/mol. The van der Waals surface area contributed by atoms with Gasteiger partial charge >= 0.3 is 5.97 Å². The molecule has 0 aliphatic rings. The first-order valence-corrected chi connectivity index (χ1v) is 5.24. The van der Waals surface area contributed by atoms with Crippen molar-refractivity contribution in [3.8, 4) is 0 Å². The first-order chi connectivity index (χ1) is 7.63. The Morgan fingerprint density at radius 1 is 1.56 bits per heavy atom.